The molecule has 0 aliphatic heterocycles. The Balaban J connectivity index is 2.62. The molecule has 0 spiro atoms. The lowest BCUT2D eigenvalue weighted by atomic mass is 10.2. The number of hydrogen-bond donors (Lipinski definition) is 0. The summed E-state index contributed by atoms with van der Waals surface area (Å²) in [6, 6.07) is 1.66. The Hall–Kier alpha value is -2.18. The summed E-state index contributed by atoms with van der Waals surface area (Å²) >= 11 is 0. The molecule has 104 valence electrons. The summed E-state index contributed by atoms with van der Waals surface area (Å²) in [4.78, 5) is 27.1. The zero-order valence-corrected chi connectivity index (χ0v) is 11.3. The van der Waals surface area contributed by atoms with Gasteiger partial charge in [0.1, 0.15) is 12.0 Å². The van der Waals surface area contributed by atoms with E-state index in [-0.39, 0.29) is 11.7 Å². The summed E-state index contributed by atoms with van der Waals surface area (Å²) in [6.45, 7) is 2.30. The molecule has 1 aromatic heterocycles. The third kappa shape index (κ3) is 4.20. The van der Waals surface area contributed by atoms with E-state index >= 15 is 0 Å². The average Bonchev–Trinajstić information content (AvgIpc) is 2.37. The quantitative estimate of drug-likeness (QED) is 0.443. The summed E-state index contributed by atoms with van der Waals surface area (Å²) < 4.78 is 4.55. The van der Waals surface area contributed by atoms with Gasteiger partial charge in [-0.05, 0) is 19.4 Å². The first-order chi connectivity index (χ1) is 8.95. The molecule has 0 bridgehead atoms. The van der Waals surface area contributed by atoms with E-state index < -0.39 is 4.92 Å². The maximum atomic E-state index is 11.0. The van der Waals surface area contributed by atoms with Crippen molar-refractivity contribution in [2.45, 2.75) is 19.8 Å². The minimum Gasteiger partial charge on any atom is -0.469 e. The van der Waals surface area contributed by atoms with Gasteiger partial charge in [-0.25, -0.2) is 4.98 Å². The van der Waals surface area contributed by atoms with Crippen LogP contribution in [0.5, 0.6) is 0 Å². The van der Waals surface area contributed by atoms with Gasteiger partial charge in [0.05, 0.1) is 12.0 Å². The van der Waals surface area contributed by atoms with Crippen molar-refractivity contribution in [1.82, 2.24) is 4.98 Å². The van der Waals surface area contributed by atoms with Gasteiger partial charge < -0.3 is 9.64 Å². The number of hydrogen-bond acceptors (Lipinski definition) is 6. The molecule has 0 fully saturated rings. The number of ether oxygens (including phenoxy) is 1. The van der Waals surface area contributed by atoms with E-state index in [0.717, 1.165) is 0 Å². The smallest absolute Gasteiger partial charge is 0.305 e. The van der Waals surface area contributed by atoms with Crippen LogP contribution in [0.4, 0.5) is 11.5 Å². The van der Waals surface area contributed by atoms with Crippen LogP contribution in [0.1, 0.15) is 18.4 Å². The maximum Gasteiger partial charge on any atom is 0.305 e. The van der Waals surface area contributed by atoms with Gasteiger partial charge >= 0.3 is 5.97 Å². The predicted molar refractivity (Wildman–Crippen MR) is 70.1 cm³/mol. The Morgan fingerprint density at radius 3 is 2.79 bits per heavy atom. The highest BCUT2D eigenvalue weighted by Crippen LogP contribution is 2.20. The fraction of sp³-hybridized carbons (Fsp3) is 0.500. The van der Waals surface area contributed by atoms with Gasteiger partial charge in [0, 0.05) is 25.6 Å². The summed E-state index contributed by atoms with van der Waals surface area (Å²) in [5, 5.41) is 10.7. The molecule has 1 rings (SSSR count). The van der Waals surface area contributed by atoms with E-state index in [0.29, 0.717) is 30.8 Å². The van der Waals surface area contributed by atoms with Crippen LogP contribution in [0.25, 0.3) is 0 Å². The van der Waals surface area contributed by atoms with Gasteiger partial charge in [-0.1, -0.05) is 0 Å². The van der Waals surface area contributed by atoms with Crippen molar-refractivity contribution in [1.29, 1.82) is 0 Å². The molecule has 7 heteroatoms. The molecule has 0 amide bonds. The Kier molecular flexibility index (Phi) is 5.23. The number of anilines is 1. The molecule has 0 saturated carbocycles. The van der Waals surface area contributed by atoms with Crippen LogP contribution in [0.2, 0.25) is 0 Å². The largest absolute Gasteiger partial charge is 0.469 e. The number of rotatable bonds is 6. The summed E-state index contributed by atoms with van der Waals surface area (Å²) in [5.41, 5.74) is 0.571. The van der Waals surface area contributed by atoms with Crippen LogP contribution in [0.15, 0.2) is 12.3 Å². The number of carbonyl (C=O) groups excluding carboxylic acids is 1. The highest BCUT2D eigenvalue weighted by Gasteiger charge is 2.13. The van der Waals surface area contributed by atoms with Gasteiger partial charge in [0.25, 0.3) is 5.69 Å². The summed E-state index contributed by atoms with van der Waals surface area (Å²) in [5.74, 6) is 0.397. The molecule has 7 nitrogen and oxygen atoms in total. The van der Waals surface area contributed by atoms with Gasteiger partial charge in [-0.3, -0.25) is 14.9 Å². The number of aryl methyl sites for hydroxylation is 1. The first-order valence-corrected chi connectivity index (χ1v) is 5.84. The van der Waals surface area contributed by atoms with Gasteiger partial charge in [0.2, 0.25) is 0 Å². The molecule has 19 heavy (non-hydrogen) atoms. The van der Waals surface area contributed by atoms with Crippen LogP contribution < -0.4 is 4.90 Å². The van der Waals surface area contributed by atoms with Gasteiger partial charge in [-0.2, -0.15) is 0 Å². The van der Waals surface area contributed by atoms with E-state index in [1.54, 1.807) is 13.0 Å². The number of aromatic nitrogens is 1. The lowest BCUT2D eigenvalue weighted by Gasteiger charge is -2.17. The molecule has 0 aromatic carbocycles. The van der Waals surface area contributed by atoms with Crippen LogP contribution in [0, 0.1) is 17.0 Å². The van der Waals surface area contributed by atoms with E-state index in [1.165, 1.54) is 13.3 Å². The first-order valence-electron chi connectivity index (χ1n) is 5.84. The van der Waals surface area contributed by atoms with E-state index in [9.17, 15) is 14.9 Å². The average molecular weight is 267 g/mol. The van der Waals surface area contributed by atoms with Crippen molar-refractivity contribution in [3.63, 3.8) is 0 Å². The topological polar surface area (TPSA) is 85.6 Å². The molecule has 0 N–H and O–H groups in total. The third-order valence-electron chi connectivity index (χ3n) is 2.76. The first kappa shape index (κ1) is 14.9. The monoisotopic (exact) mass is 267 g/mol. The number of pyridine rings is 1. The van der Waals surface area contributed by atoms with Gasteiger partial charge in [-0.15, -0.1) is 0 Å². The molecule has 1 aromatic rings. The normalized spacial score (nSPS) is 10.1. The second-order valence-corrected chi connectivity index (χ2v) is 4.19. The van der Waals surface area contributed by atoms with Crippen molar-refractivity contribution in [3.05, 3.63) is 27.9 Å². The molecule has 0 atom stereocenters. The fourth-order valence-corrected chi connectivity index (χ4v) is 1.61. The minimum absolute atomic E-state index is 0.00621. The van der Waals surface area contributed by atoms with Crippen molar-refractivity contribution in [3.8, 4) is 0 Å². The highest BCUT2D eigenvalue weighted by atomic mass is 16.6. The molecule has 0 saturated heterocycles. The zero-order valence-electron chi connectivity index (χ0n) is 11.3. The van der Waals surface area contributed by atoms with E-state index in [2.05, 4.69) is 9.72 Å². The van der Waals surface area contributed by atoms with Crippen molar-refractivity contribution < 1.29 is 14.5 Å². The van der Waals surface area contributed by atoms with Crippen molar-refractivity contribution in [2.75, 3.05) is 25.6 Å². The third-order valence-corrected chi connectivity index (χ3v) is 2.76. The van der Waals surface area contributed by atoms with Crippen molar-refractivity contribution in [2.24, 2.45) is 0 Å². The summed E-state index contributed by atoms with van der Waals surface area (Å²) in [6.07, 6.45) is 2.23. The van der Waals surface area contributed by atoms with Crippen LogP contribution >= 0.6 is 0 Å². The summed E-state index contributed by atoms with van der Waals surface area (Å²) in [7, 11) is 3.18. The molecule has 0 radical (unpaired) electrons. The number of nitrogens with zero attached hydrogens (tertiary/aromatic N) is 3. The number of methoxy groups -OCH3 is 1. The number of esters is 1. The molecule has 0 unspecified atom stereocenters. The maximum absolute atomic E-state index is 11.0. The van der Waals surface area contributed by atoms with E-state index in [1.807, 2.05) is 11.9 Å². The zero-order chi connectivity index (χ0) is 14.4. The number of carbonyl (C=O) groups is 1. The molecular formula is C12H17N3O4. The van der Waals surface area contributed by atoms with Crippen LogP contribution in [-0.2, 0) is 9.53 Å². The Bertz CT molecular complexity index is 476. The second-order valence-electron chi connectivity index (χ2n) is 4.19. The van der Waals surface area contributed by atoms with Crippen molar-refractivity contribution >= 4 is 17.5 Å². The van der Waals surface area contributed by atoms with Crippen LogP contribution in [0.3, 0.4) is 0 Å². The second kappa shape index (κ2) is 6.67. The number of nitro groups is 1. The lowest BCUT2D eigenvalue weighted by molar-refractivity contribution is -0.385. The Morgan fingerprint density at radius 2 is 2.26 bits per heavy atom. The highest BCUT2D eigenvalue weighted by molar-refractivity contribution is 5.69. The standard InChI is InChI=1S/C12H17N3O4/c1-9-7-11(13-8-10(9)15(17)18)14(2)6-4-5-12(16)19-3/h7-8H,4-6H2,1-3H3. The molecule has 0 aliphatic rings. The molecule has 1 heterocycles. The van der Waals surface area contributed by atoms with Crippen LogP contribution in [-0.4, -0.2) is 36.6 Å². The van der Waals surface area contributed by atoms with E-state index in [4.69, 9.17) is 0 Å². The lowest BCUT2D eigenvalue weighted by Crippen LogP contribution is -2.20. The SMILES string of the molecule is COC(=O)CCCN(C)c1cc(C)c([N+](=O)[O-])cn1. The Morgan fingerprint density at radius 1 is 1.58 bits per heavy atom. The molecular weight excluding hydrogens is 250 g/mol. The molecule has 0 aliphatic carbocycles. The minimum atomic E-state index is -0.455. The Labute approximate surface area is 111 Å². The fourth-order valence-electron chi connectivity index (χ4n) is 1.61. The predicted octanol–water partition coefficient (Wildman–Crippen LogP) is 1.69. The van der Waals surface area contributed by atoms with Gasteiger partial charge in [0.15, 0.2) is 0 Å².